The van der Waals surface area contributed by atoms with Gasteiger partial charge in [-0.25, -0.2) is 4.79 Å². The molecule has 0 aromatic rings. The largest absolute Gasteiger partial charge is 0.465 e. The van der Waals surface area contributed by atoms with Crippen LogP contribution in [-0.2, 0) is 0 Å². The zero-order chi connectivity index (χ0) is 10.1. The third-order valence-electron chi connectivity index (χ3n) is 2.69. The minimum Gasteiger partial charge on any atom is -0.465 e. The molecule has 0 spiro atoms. The average molecular weight is 195 g/mol. The number of aliphatic hydroxyl groups excluding tert-OH is 1. The lowest BCUT2D eigenvalue weighted by Gasteiger charge is -2.28. The summed E-state index contributed by atoms with van der Waals surface area (Å²) in [5.74, 6) is 0. The van der Waals surface area contributed by atoms with Crippen LogP contribution in [0.25, 0.3) is 0 Å². The summed E-state index contributed by atoms with van der Waals surface area (Å²) in [6.45, 7) is 0.497. The summed E-state index contributed by atoms with van der Waals surface area (Å²) in [5.41, 5.74) is 2.17. The number of carbonyl (C=O) groups is 1. The van der Waals surface area contributed by atoms with Gasteiger partial charge in [-0.3, -0.25) is 4.90 Å². The van der Waals surface area contributed by atoms with Gasteiger partial charge in [-0.15, -0.1) is 0 Å². The number of hydrogen-bond acceptors (Lipinski definition) is 2. The minimum atomic E-state index is -0.900. The maximum Gasteiger partial charge on any atom is 0.411 e. The van der Waals surface area contributed by atoms with Crippen LogP contribution >= 0.6 is 0 Å². The molecule has 0 aromatic carbocycles. The fraction of sp³-hybridized carbons (Fsp3) is 0.500. The van der Waals surface area contributed by atoms with Crippen LogP contribution in [0, 0.1) is 0 Å². The van der Waals surface area contributed by atoms with E-state index in [1.807, 2.05) is 6.08 Å². The van der Waals surface area contributed by atoms with Crippen molar-refractivity contribution in [2.24, 2.45) is 0 Å². The number of hydrogen-bond donors (Lipinski definition) is 2. The van der Waals surface area contributed by atoms with Gasteiger partial charge in [0.1, 0.15) is 0 Å². The zero-order valence-electron chi connectivity index (χ0n) is 7.81. The summed E-state index contributed by atoms with van der Waals surface area (Å²) >= 11 is 0. The highest BCUT2D eigenvalue weighted by molar-refractivity contribution is 5.67. The molecule has 0 saturated carbocycles. The van der Waals surface area contributed by atoms with Crippen molar-refractivity contribution in [3.05, 3.63) is 23.4 Å². The first kappa shape index (κ1) is 9.27. The second kappa shape index (κ2) is 3.46. The Bertz CT molecular complexity index is 319. The summed E-state index contributed by atoms with van der Waals surface area (Å²) < 4.78 is 0. The summed E-state index contributed by atoms with van der Waals surface area (Å²) in [6.07, 6.45) is 4.47. The molecule has 2 aliphatic rings. The highest BCUT2D eigenvalue weighted by Gasteiger charge is 2.22. The molecule has 1 aliphatic heterocycles. The second-order valence-electron chi connectivity index (χ2n) is 3.68. The van der Waals surface area contributed by atoms with Gasteiger partial charge in [0.25, 0.3) is 0 Å². The quantitative estimate of drug-likeness (QED) is 0.613. The van der Waals surface area contributed by atoms with Gasteiger partial charge in [0.15, 0.2) is 0 Å². The van der Waals surface area contributed by atoms with Crippen molar-refractivity contribution in [2.45, 2.75) is 25.4 Å². The molecule has 4 heteroatoms. The van der Waals surface area contributed by atoms with E-state index in [9.17, 15) is 9.90 Å². The summed E-state index contributed by atoms with van der Waals surface area (Å²) in [7, 11) is 0. The molecule has 1 heterocycles. The van der Waals surface area contributed by atoms with E-state index >= 15 is 0 Å². The Labute approximate surface area is 82.1 Å². The standard InChI is InChI=1S/C10H13NO3/c12-9-2-1-8-6-11(10(13)14)4-3-7(8)5-9/h5-6,9,12H,1-4H2,(H,13,14). The first-order chi connectivity index (χ1) is 6.66. The number of nitrogens with zero attached hydrogens (tertiary/aromatic N) is 1. The SMILES string of the molecule is O=C(O)N1C=C2CCC(O)C=C2CC1. The van der Waals surface area contributed by atoms with Crippen LogP contribution in [0.4, 0.5) is 4.79 Å². The fourth-order valence-corrected chi connectivity index (χ4v) is 1.92. The molecule has 1 amide bonds. The van der Waals surface area contributed by atoms with Gasteiger partial charge in [0.05, 0.1) is 6.10 Å². The number of amides is 1. The van der Waals surface area contributed by atoms with Crippen LogP contribution in [0.15, 0.2) is 23.4 Å². The number of carboxylic acid groups (broad SMARTS) is 1. The molecule has 0 bridgehead atoms. The Morgan fingerprint density at radius 3 is 2.93 bits per heavy atom. The number of allylic oxidation sites excluding steroid dienone is 1. The topological polar surface area (TPSA) is 60.8 Å². The van der Waals surface area contributed by atoms with Gasteiger partial charge >= 0.3 is 6.09 Å². The van der Waals surface area contributed by atoms with Crippen LogP contribution in [-0.4, -0.2) is 33.9 Å². The molecule has 2 N–H and O–H groups in total. The Morgan fingerprint density at radius 2 is 2.21 bits per heavy atom. The molecule has 0 radical (unpaired) electrons. The maximum atomic E-state index is 10.7. The van der Waals surface area contributed by atoms with Gasteiger partial charge in [-0.1, -0.05) is 6.08 Å². The Balaban J connectivity index is 2.23. The van der Waals surface area contributed by atoms with Gasteiger partial charge in [0.2, 0.25) is 0 Å². The normalized spacial score (nSPS) is 26.4. The molecular weight excluding hydrogens is 182 g/mol. The molecule has 0 fully saturated rings. The van der Waals surface area contributed by atoms with Crippen molar-refractivity contribution >= 4 is 6.09 Å². The molecule has 1 atom stereocenters. The minimum absolute atomic E-state index is 0.349. The lowest BCUT2D eigenvalue weighted by molar-refractivity contribution is 0.160. The third-order valence-corrected chi connectivity index (χ3v) is 2.69. The van der Waals surface area contributed by atoms with Crippen LogP contribution in [0.1, 0.15) is 19.3 Å². The smallest absolute Gasteiger partial charge is 0.411 e. The molecule has 4 nitrogen and oxygen atoms in total. The van der Waals surface area contributed by atoms with E-state index in [-0.39, 0.29) is 6.10 Å². The molecule has 0 saturated heterocycles. The van der Waals surface area contributed by atoms with Crippen molar-refractivity contribution in [1.29, 1.82) is 0 Å². The average Bonchev–Trinajstić information content (AvgIpc) is 2.16. The molecule has 0 aromatic heterocycles. The lowest BCUT2D eigenvalue weighted by Crippen LogP contribution is -2.30. The highest BCUT2D eigenvalue weighted by atomic mass is 16.4. The van der Waals surface area contributed by atoms with Crippen molar-refractivity contribution in [2.75, 3.05) is 6.54 Å². The summed E-state index contributed by atoms with van der Waals surface area (Å²) in [6, 6.07) is 0. The lowest BCUT2D eigenvalue weighted by atomic mass is 9.89. The van der Waals surface area contributed by atoms with Crippen LogP contribution in [0.3, 0.4) is 0 Å². The Hall–Kier alpha value is -1.29. The van der Waals surface area contributed by atoms with E-state index < -0.39 is 6.09 Å². The van der Waals surface area contributed by atoms with Crippen LogP contribution in [0.5, 0.6) is 0 Å². The van der Waals surface area contributed by atoms with Gasteiger partial charge in [0, 0.05) is 12.7 Å². The zero-order valence-corrected chi connectivity index (χ0v) is 7.81. The number of rotatable bonds is 0. The predicted octanol–water partition coefficient (Wildman–Crippen LogP) is 1.34. The van der Waals surface area contributed by atoms with E-state index in [0.29, 0.717) is 13.0 Å². The van der Waals surface area contributed by atoms with E-state index in [1.54, 1.807) is 6.20 Å². The van der Waals surface area contributed by atoms with Crippen molar-refractivity contribution < 1.29 is 15.0 Å². The van der Waals surface area contributed by atoms with Crippen molar-refractivity contribution in [3.63, 3.8) is 0 Å². The first-order valence-corrected chi connectivity index (χ1v) is 4.76. The molecule has 2 rings (SSSR count). The van der Waals surface area contributed by atoms with Crippen molar-refractivity contribution in [3.8, 4) is 0 Å². The fourth-order valence-electron chi connectivity index (χ4n) is 1.92. The number of fused-ring (bicyclic) bond motifs is 1. The second-order valence-corrected chi connectivity index (χ2v) is 3.68. The van der Waals surface area contributed by atoms with E-state index in [2.05, 4.69) is 0 Å². The molecule has 76 valence electrons. The maximum absolute atomic E-state index is 10.7. The number of aliphatic hydroxyl groups is 1. The Kier molecular flexibility index (Phi) is 2.29. The molecular formula is C10H13NO3. The molecule has 14 heavy (non-hydrogen) atoms. The summed E-state index contributed by atoms with van der Waals surface area (Å²) in [4.78, 5) is 12.0. The Morgan fingerprint density at radius 1 is 1.43 bits per heavy atom. The first-order valence-electron chi connectivity index (χ1n) is 4.76. The van der Waals surface area contributed by atoms with Gasteiger partial charge in [-0.05, 0) is 30.4 Å². The third kappa shape index (κ3) is 1.65. The monoisotopic (exact) mass is 195 g/mol. The van der Waals surface area contributed by atoms with E-state index in [4.69, 9.17) is 5.11 Å². The van der Waals surface area contributed by atoms with E-state index in [0.717, 1.165) is 24.0 Å². The molecule has 1 unspecified atom stereocenters. The molecule has 1 aliphatic carbocycles. The van der Waals surface area contributed by atoms with Crippen LogP contribution < -0.4 is 0 Å². The van der Waals surface area contributed by atoms with Gasteiger partial charge in [-0.2, -0.15) is 0 Å². The predicted molar refractivity (Wildman–Crippen MR) is 50.8 cm³/mol. The van der Waals surface area contributed by atoms with Crippen molar-refractivity contribution in [1.82, 2.24) is 4.90 Å². The van der Waals surface area contributed by atoms with Gasteiger partial charge < -0.3 is 10.2 Å². The van der Waals surface area contributed by atoms with E-state index in [1.165, 1.54) is 4.90 Å². The summed E-state index contributed by atoms with van der Waals surface area (Å²) in [5, 5.41) is 18.2. The van der Waals surface area contributed by atoms with Crippen LogP contribution in [0.2, 0.25) is 0 Å². The highest BCUT2D eigenvalue weighted by Crippen LogP contribution is 2.30.